The number of rotatable bonds is 9. The number of amides is 1. The van der Waals surface area contributed by atoms with Crippen LogP contribution in [0.1, 0.15) is 43.0 Å². The number of hydrogen-bond donors (Lipinski definition) is 0. The summed E-state index contributed by atoms with van der Waals surface area (Å²) in [6, 6.07) is 3.83. The van der Waals surface area contributed by atoms with Crippen LogP contribution < -0.4 is 4.73 Å². The summed E-state index contributed by atoms with van der Waals surface area (Å²) in [5.41, 5.74) is 0.487. The molecular formula is C22H36N4O3. The second-order valence-electron chi connectivity index (χ2n) is 8.37. The summed E-state index contributed by atoms with van der Waals surface area (Å²) in [7, 11) is 1.74. The van der Waals surface area contributed by atoms with E-state index in [4.69, 9.17) is 4.74 Å². The quantitative estimate of drug-likeness (QED) is 0.462. The molecule has 1 aromatic rings. The first kappa shape index (κ1) is 22.0. The zero-order chi connectivity index (χ0) is 20.6. The van der Waals surface area contributed by atoms with Crippen LogP contribution >= 0.6 is 0 Å². The number of carbonyl (C=O) groups is 1. The maximum atomic E-state index is 13.3. The van der Waals surface area contributed by atoms with Gasteiger partial charge in [0.15, 0.2) is 12.4 Å². The molecule has 162 valence electrons. The average Bonchev–Trinajstić information content (AvgIpc) is 3.19. The van der Waals surface area contributed by atoms with Crippen LogP contribution in [0.2, 0.25) is 0 Å². The number of ether oxygens (including phenoxy) is 1. The van der Waals surface area contributed by atoms with Crippen molar-refractivity contribution in [1.82, 2.24) is 14.7 Å². The van der Waals surface area contributed by atoms with Gasteiger partial charge >= 0.3 is 0 Å². The van der Waals surface area contributed by atoms with Crippen molar-refractivity contribution in [1.29, 1.82) is 0 Å². The second kappa shape index (κ2) is 10.9. The van der Waals surface area contributed by atoms with E-state index in [1.807, 2.05) is 4.90 Å². The van der Waals surface area contributed by atoms with Gasteiger partial charge in [0.2, 0.25) is 0 Å². The van der Waals surface area contributed by atoms with Crippen molar-refractivity contribution in [2.45, 2.75) is 38.6 Å². The SMILES string of the molecule is CCN1CCCC1CN(CC1CCN(CCOC)CC1)C(=O)c1ccc[n+]([O-])c1. The highest BCUT2D eigenvalue weighted by molar-refractivity contribution is 5.93. The Morgan fingerprint density at radius 1 is 1.28 bits per heavy atom. The van der Waals surface area contributed by atoms with Crippen molar-refractivity contribution in [3.05, 3.63) is 35.3 Å². The zero-order valence-electron chi connectivity index (χ0n) is 18.0. The molecule has 1 aromatic heterocycles. The number of aromatic nitrogens is 1. The summed E-state index contributed by atoms with van der Waals surface area (Å²) in [5, 5.41) is 11.7. The van der Waals surface area contributed by atoms with Gasteiger partial charge in [0.1, 0.15) is 5.56 Å². The molecule has 0 aliphatic carbocycles. The predicted molar refractivity (Wildman–Crippen MR) is 113 cm³/mol. The van der Waals surface area contributed by atoms with Crippen LogP contribution in [0.15, 0.2) is 24.5 Å². The Labute approximate surface area is 174 Å². The molecule has 29 heavy (non-hydrogen) atoms. The van der Waals surface area contributed by atoms with E-state index in [2.05, 4.69) is 16.7 Å². The lowest BCUT2D eigenvalue weighted by molar-refractivity contribution is -0.605. The molecule has 2 aliphatic heterocycles. The predicted octanol–water partition coefficient (Wildman–Crippen LogP) is 1.60. The first-order valence-electron chi connectivity index (χ1n) is 11.0. The lowest BCUT2D eigenvalue weighted by Crippen LogP contribution is -2.47. The topological polar surface area (TPSA) is 63.0 Å². The fourth-order valence-electron chi connectivity index (χ4n) is 4.70. The number of likely N-dealkylation sites (tertiary alicyclic amines) is 2. The highest BCUT2D eigenvalue weighted by atomic mass is 16.5. The summed E-state index contributed by atoms with van der Waals surface area (Å²) in [6.45, 7) is 9.74. The lowest BCUT2D eigenvalue weighted by atomic mass is 9.95. The molecule has 0 N–H and O–H groups in total. The number of hydrogen-bond acceptors (Lipinski definition) is 5. The molecule has 1 unspecified atom stereocenters. The molecule has 1 atom stereocenters. The molecule has 0 aromatic carbocycles. The monoisotopic (exact) mass is 404 g/mol. The molecule has 1 amide bonds. The minimum absolute atomic E-state index is 0.0139. The third-order valence-corrected chi connectivity index (χ3v) is 6.44. The maximum Gasteiger partial charge on any atom is 0.260 e. The highest BCUT2D eigenvalue weighted by Gasteiger charge is 2.30. The normalized spacial score (nSPS) is 21.5. The van der Waals surface area contributed by atoms with Crippen LogP contribution in [-0.4, -0.2) is 86.2 Å². The number of methoxy groups -OCH3 is 1. The summed E-state index contributed by atoms with van der Waals surface area (Å²) < 4.78 is 5.91. The van der Waals surface area contributed by atoms with Crippen molar-refractivity contribution in [3.63, 3.8) is 0 Å². The van der Waals surface area contributed by atoms with Crippen molar-refractivity contribution < 1.29 is 14.3 Å². The Bertz CT molecular complexity index is 649. The van der Waals surface area contributed by atoms with Gasteiger partial charge in [-0.3, -0.25) is 9.69 Å². The van der Waals surface area contributed by atoms with E-state index in [0.29, 0.717) is 22.3 Å². The van der Waals surface area contributed by atoms with Crippen LogP contribution in [0.4, 0.5) is 0 Å². The average molecular weight is 405 g/mol. The van der Waals surface area contributed by atoms with Gasteiger partial charge in [-0.25, -0.2) is 0 Å². The number of nitrogens with zero attached hydrogens (tertiary/aromatic N) is 4. The largest absolute Gasteiger partial charge is 0.619 e. The van der Waals surface area contributed by atoms with Crippen LogP contribution in [0.3, 0.4) is 0 Å². The van der Waals surface area contributed by atoms with Crippen LogP contribution in [0, 0.1) is 11.1 Å². The van der Waals surface area contributed by atoms with Crippen molar-refractivity contribution in [3.8, 4) is 0 Å². The van der Waals surface area contributed by atoms with E-state index in [-0.39, 0.29) is 5.91 Å². The molecule has 3 heterocycles. The van der Waals surface area contributed by atoms with Gasteiger partial charge in [0, 0.05) is 38.9 Å². The molecule has 3 rings (SSSR count). The summed E-state index contributed by atoms with van der Waals surface area (Å²) in [4.78, 5) is 20.2. The van der Waals surface area contributed by atoms with Gasteiger partial charge in [0.05, 0.1) is 6.61 Å². The Morgan fingerprint density at radius 2 is 2.07 bits per heavy atom. The molecule has 0 radical (unpaired) electrons. The van der Waals surface area contributed by atoms with Gasteiger partial charge in [-0.15, -0.1) is 0 Å². The van der Waals surface area contributed by atoms with E-state index < -0.39 is 0 Å². The molecule has 2 saturated heterocycles. The van der Waals surface area contributed by atoms with Crippen LogP contribution in [0.5, 0.6) is 0 Å². The summed E-state index contributed by atoms with van der Waals surface area (Å²) in [6.07, 6.45) is 7.37. The van der Waals surface area contributed by atoms with Gasteiger partial charge in [-0.1, -0.05) is 6.92 Å². The first-order valence-corrected chi connectivity index (χ1v) is 11.0. The van der Waals surface area contributed by atoms with E-state index >= 15 is 0 Å². The minimum Gasteiger partial charge on any atom is -0.619 e. The molecule has 0 saturated carbocycles. The van der Waals surface area contributed by atoms with E-state index in [9.17, 15) is 10.0 Å². The lowest BCUT2D eigenvalue weighted by Gasteiger charge is -2.36. The van der Waals surface area contributed by atoms with Gasteiger partial charge < -0.3 is 19.7 Å². The van der Waals surface area contributed by atoms with E-state index in [0.717, 1.165) is 71.7 Å². The maximum absolute atomic E-state index is 13.3. The minimum atomic E-state index is -0.0139. The molecule has 0 bridgehead atoms. The smallest absolute Gasteiger partial charge is 0.260 e. The Kier molecular flexibility index (Phi) is 8.27. The highest BCUT2D eigenvalue weighted by Crippen LogP contribution is 2.23. The number of likely N-dealkylation sites (N-methyl/N-ethyl adjacent to an activating group) is 1. The Morgan fingerprint density at radius 3 is 2.76 bits per heavy atom. The van der Waals surface area contributed by atoms with Crippen molar-refractivity contribution in [2.75, 3.05) is 59.5 Å². The third kappa shape index (κ3) is 6.14. The molecule has 2 fully saturated rings. The van der Waals surface area contributed by atoms with Gasteiger partial charge in [-0.2, -0.15) is 4.73 Å². The number of pyridine rings is 1. The van der Waals surface area contributed by atoms with E-state index in [1.54, 1.807) is 19.2 Å². The van der Waals surface area contributed by atoms with Crippen molar-refractivity contribution >= 4 is 5.91 Å². The fraction of sp³-hybridized carbons (Fsp3) is 0.727. The molecule has 7 heteroatoms. The van der Waals surface area contributed by atoms with Gasteiger partial charge in [-0.05, 0) is 63.8 Å². The Hall–Kier alpha value is -1.70. The second-order valence-corrected chi connectivity index (χ2v) is 8.37. The van der Waals surface area contributed by atoms with Crippen LogP contribution in [-0.2, 0) is 4.74 Å². The Balaban J connectivity index is 1.65. The number of carbonyl (C=O) groups excluding carboxylic acids is 1. The standard InChI is InChI=1S/C22H36N4O3/c1-3-24-10-5-7-21(24)18-25(22(27)20-6-4-11-26(28)17-20)16-19-8-12-23(13-9-19)14-15-29-2/h4,6,11,17,19,21H,3,5,7-10,12-16,18H2,1-2H3. The summed E-state index contributed by atoms with van der Waals surface area (Å²) >= 11 is 0. The van der Waals surface area contributed by atoms with Crippen molar-refractivity contribution in [2.24, 2.45) is 5.92 Å². The molecule has 0 spiro atoms. The van der Waals surface area contributed by atoms with Crippen LogP contribution in [0.25, 0.3) is 0 Å². The third-order valence-electron chi connectivity index (χ3n) is 6.44. The molecule has 2 aliphatic rings. The molecule has 7 nitrogen and oxygen atoms in total. The first-order chi connectivity index (χ1) is 14.1. The molecular weight excluding hydrogens is 368 g/mol. The zero-order valence-corrected chi connectivity index (χ0v) is 18.0. The summed E-state index contributed by atoms with van der Waals surface area (Å²) in [5.74, 6) is 0.497. The fourth-order valence-corrected chi connectivity index (χ4v) is 4.70. The van der Waals surface area contributed by atoms with Gasteiger partial charge in [0.25, 0.3) is 5.91 Å². The number of piperidine rings is 1. The van der Waals surface area contributed by atoms with E-state index in [1.165, 1.54) is 18.8 Å².